The van der Waals surface area contributed by atoms with E-state index < -0.39 is 8.32 Å². The Morgan fingerprint density at radius 3 is 2.38 bits per heavy atom. The first-order valence-corrected chi connectivity index (χ1v) is 9.13. The SMILES string of the molecule is CC(C)(C)[Si](C)(C)O[C@@H]1C[C@@H](O)[C@H]2O[C@H]2C1. The average Bonchev–Trinajstić information content (AvgIpc) is 2.80. The lowest BCUT2D eigenvalue weighted by molar-refractivity contribution is 0.0588. The summed E-state index contributed by atoms with van der Waals surface area (Å²) in [5, 5.41) is 10.0. The van der Waals surface area contributed by atoms with Crippen molar-refractivity contribution in [1.82, 2.24) is 0 Å². The van der Waals surface area contributed by atoms with Gasteiger partial charge in [-0.3, -0.25) is 0 Å². The lowest BCUT2D eigenvalue weighted by atomic mass is 9.95. The minimum absolute atomic E-state index is 0.110. The van der Waals surface area contributed by atoms with Gasteiger partial charge in [0.1, 0.15) is 6.10 Å². The van der Waals surface area contributed by atoms with Gasteiger partial charge in [-0.15, -0.1) is 0 Å². The number of hydrogen-bond donors (Lipinski definition) is 1. The van der Waals surface area contributed by atoms with Crippen LogP contribution in [-0.4, -0.2) is 37.8 Å². The highest BCUT2D eigenvalue weighted by Gasteiger charge is 2.51. The molecule has 1 N–H and O–H groups in total. The summed E-state index contributed by atoms with van der Waals surface area (Å²) in [6, 6.07) is 0. The van der Waals surface area contributed by atoms with Gasteiger partial charge < -0.3 is 14.3 Å². The first-order chi connectivity index (χ1) is 7.21. The van der Waals surface area contributed by atoms with Gasteiger partial charge in [0.2, 0.25) is 0 Å². The Kier molecular flexibility index (Phi) is 2.98. The van der Waals surface area contributed by atoms with Gasteiger partial charge >= 0.3 is 0 Å². The van der Waals surface area contributed by atoms with E-state index in [-0.39, 0.29) is 29.5 Å². The van der Waals surface area contributed by atoms with E-state index in [4.69, 9.17) is 9.16 Å². The predicted molar refractivity (Wildman–Crippen MR) is 66.0 cm³/mol. The molecule has 4 heteroatoms. The molecule has 0 aromatic rings. The number of aliphatic hydroxyl groups excluding tert-OH is 1. The quantitative estimate of drug-likeness (QED) is 0.598. The molecule has 0 unspecified atom stereocenters. The van der Waals surface area contributed by atoms with E-state index >= 15 is 0 Å². The molecule has 2 aliphatic rings. The first kappa shape index (κ1) is 12.6. The van der Waals surface area contributed by atoms with Gasteiger partial charge in [0.05, 0.1) is 18.3 Å². The molecule has 0 amide bonds. The van der Waals surface area contributed by atoms with Crippen molar-refractivity contribution in [2.45, 2.75) is 76.2 Å². The van der Waals surface area contributed by atoms with Crippen molar-refractivity contribution in [2.75, 3.05) is 0 Å². The Morgan fingerprint density at radius 2 is 1.88 bits per heavy atom. The number of aliphatic hydroxyl groups is 1. The summed E-state index contributed by atoms with van der Waals surface area (Å²) < 4.78 is 11.7. The Labute approximate surface area is 99.3 Å². The van der Waals surface area contributed by atoms with Crippen molar-refractivity contribution in [3.63, 3.8) is 0 Å². The zero-order valence-corrected chi connectivity index (χ0v) is 12.0. The molecule has 94 valence electrons. The monoisotopic (exact) mass is 244 g/mol. The normalized spacial score (nSPS) is 39.4. The maximum Gasteiger partial charge on any atom is 0.192 e. The standard InChI is InChI=1S/C12H24O3Si/c1-12(2,3)16(4,5)15-8-6-9(13)11-10(7-8)14-11/h8-11,13H,6-7H2,1-5H3/t8-,9-,10+,11-/m1/s1. The van der Waals surface area contributed by atoms with Crippen molar-refractivity contribution in [2.24, 2.45) is 0 Å². The average molecular weight is 244 g/mol. The van der Waals surface area contributed by atoms with Crippen LogP contribution in [0, 0.1) is 0 Å². The molecule has 0 radical (unpaired) electrons. The Balaban J connectivity index is 1.94. The highest BCUT2D eigenvalue weighted by Crippen LogP contribution is 2.42. The second kappa shape index (κ2) is 3.80. The molecule has 4 atom stereocenters. The van der Waals surface area contributed by atoms with Crippen LogP contribution in [0.2, 0.25) is 18.1 Å². The van der Waals surface area contributed by atoms with Crippen molar-refractivity contribution < 1.29 is 14.3 Å². The minimum Gasteiger partial charge on any atom is -0.414 e. The van der Waals surface area contributed by atoms with Crippen LogP contribution in [-0.2, 0) is 9.16 Å². The lowest BCUT2D eigenvalue weighted by Gasteiger charge is -2.40. The molecule has 2 rings (SSSR count). The van der Waals surface area contributed by atoms with Crippen molar-refractivity contribution in [3.05, 3.63) is 0 Å². The summed E-state index contributed by atoms with van der Waals surface area (Å²) in [6.45, 7) is 11.3. The van der Waals surface area contributed by atoms with Crippen molar-refractivity contribution in [3.8, 4) is 0 Å². The van der Waals surface area contributed by atoms with Crippen LogP contribution in [0.5, 0.6) is 0 Å². The smallest absolute Gasteiger partial charge is 0.192 e. The zero-order valence-electron chi connectivity index (χ0n) is 11.0. The highest BCUT2D eigenvalue weighted by molar-refractivity contribution is 6.74. The Morgan fingerprint density at radius 1 is 1.25 bits per heavy atom. The van der Waals surface area contributed by atoms with Crippen molar-refractivity contribution >= 4 is 8.32 Å². The van der Waals surface area contributed by atoms with Gasteiger partial charge in [0.25, 0.3) is 0 Å². The topological polar surface area (TPSA) is 42.0 Å². The van der Waals surface area contributed by atoms with Gasteiger partial charge in [0.15, 0.2) is 8.32 Å². The molecule has 1 saturated carbocycles. The van der Waals surface area contributed by atoms with E-state index in [9.17, 15) is 5.11 Å². The van der Waals surface area contributed by atoms with E-state index in [1.807, 2.05) is 0 Å². The molecule has 16 heavy (non-hydrogen) atoms. The summed E-state index contributed by atoms with van der Waals surface area (Å²) in [5.41, 5.74) is 0. The molecule has 0 aromatic carbocycles. The Bertz CT molecular complexity index is 272. The van der Waals surface area contributed by atoms with E-state index in [1.54, 1.807) is 0 Å². The fourth-order valence-electron chi connectivity index (χ4n) is 2.13. The van der Waals surface area contributed by atoms with Crippen molar-refractivity contribution in [1.29, 1.82) is 0 Å². The fourth-order valence-corrected chi connectivity index (χ4v) is 3.51. The van der Waals surface area contributed by atoms with Crippen LogP contribution in [0.3, 0.4) is 0 Å². The van der Waals surface area contributed by atoms with E-state index in [0.717, 1.165) is 12.8 Å². The second-order valence-electron chi connectivity index (χ2n) is 6.68. The molecule has 1 aliphatic heterocycles. The number of rotatable bonds is 2. The van der Waals surface area contributed by atoms with Gasteiger partial charge in [-0.1, -0.05) is 20.8 Å². The van der Waals surface area contributed by atoms with Crippen LogP contribution in [0.1, 0.15) is 33.6 Å². The largest absolute Gasteiger partial charge is 0.414 e. The molecule has 1 heterocycles. The van der Waals surface area contributed by atoms with E-state index in [2.05, 4.69) is 33.9 Å². The third-order valence-electron chi connectivity index (χ3n) is 4.27. The van der Waals surface area contributed by atoms with Crippen LogP contribution in [0.4, 0.5) is 0 Å². The summed E-state index contributed by atoms with van der Waals surface area (Å²) in [4.78, 5) is 0. The maximum atomic E-state index is 9.80. The predicted octanol–water partition coefficient (Wildman–Crippen LogP) is 2.30. The van der Waals surface area contributed by atoms with Gasteiger partial charge in [-0.25, -0.2) is 0 Å². The van der Waals surface area contributed by atoms with Crippen LogP contribution < -0.4 is 0 Å². The number of hydrogen-bond acceptors (Lipinski definition) is 3. The van der Waals surface area contributed by atoms with Gasteiger partial charge in [0, 0.05) is 12.8 Å². The summed E-state index contributed by atoms with van der Waals surface area (Å²) in [5.74, 6) is 0. The molecule has 0 bridgehead atoms. The maximum absolute atomic E-state index is 9.80. The van der Waals surface area contributed by atoms with Gasteiger partial charge in [-0.05, 0) is 18.1 Å². The fraction of sp³-hybridized carbons (Fsp3) is 1.00. The third kappa shape index (κ3) is 2.35. The summed E-state index contributed by atoms with van der Waals surface area (Å²) in [6.07, 6.45) is 1.97. The lowest BCUT2D eigenvalue weighted by Crippen LogP contribution is -2.46. The number of epoxide rings is 1. The highest BCUT2D eigenvalue weighted by atomic mass is 28.4. The van der Waals surface area contributed by atoms with Crippen LogP contribution in [0.25, 0.3) is 0 Å². The van der Waals surface area contributed by atoms with Crippen LogP contribution in [0.15, 0.2) is 0 Å². The molecular weight excluding hydrogens is 220 g/mol. The van der Waals surface area contributed by atoms with E-state index in [0.29, 0.717) is 0 Å². The summed E-state index contributed by atoms with van der Waals surface area (Å²) >= 11 is 0. The molecular formula is C12H24O3Si. The molecule has 0 aromatic heterocycles. The first-order valence-electron chi connectivity index (χ1n) is 6.22. The molecule has 1 saturated heterocycles. The molecule has 0 spiro atoms. The van der Waals surface area contributed by atoms with Gasteiger partial charge in [-0.2, -0.15) is 0 Å². The van der Waals surface area contributed by atoms with Crippen LogP contribution >= 0.6 is 0 Å². The number of ether oxygens (including phenoxy) is 1. The molecule has 1 aliphatic carbocycles. The third-order valence-corrected chi connectivity index (χ3v) is 8.80. The Hall–Kier alpha value is 0.0969. The molecule has 3 nitrogen and oxygen atoms in total. The van der Waals surface area contributed by atoms with E-state index in [1.165, 1.54) is 0 Å². The minimum atomic E-state index is -1.70. The summed E-state index contributed by atoms with van der Waals surface area (Å²) in [7, 11) is -1.70. The number of fused-ring (bicyclic) bond motifs is 1. The zero-order chi connectivity index (χ0) is 12.1. The second-order valence-corrected chi connectivity index (χ2v) is 11.4. The molecule has 2 fully saturated rings.